The maximum absolute atomic E-state index is 12.3. The molecular formula is C16H27N3O. The molecule has 0 radical (unpaired) electrons. The van der Waals surface area contributed by atoms with E-state index in [0.29, 0.717) is 11.8 Å². The highest BCUT2D eigenvalue weighted by Crippen LogP contribution is 2.28. The lowest BCUT2D eigenvalue weighted by Gasteiger charge is -2.37. The zero-order chi connectivity index (χ0) is 14.4. The molecule has 1 atom stereocenters. The number of carbonyl (C=O) groups is 1. The van der Waals surface area contributed by atoms with Crippen LogP contribution in [0.5, 0.6) is 0 Å². The maximum atomic E-state index is 12.3. The van der Waals surface area contributed by atoms with Gasteiger partial charge in [-0.1, -0.05) is 26.2 Å². The minimum Gasteiger partial charge on any atom is -0.340 e. The van der Waals surface area contributed by atoms with E-state index in [4.69, 9.17) is 0 Å². The number of rotatable bonds is 5. The van der Waals surface area contributed by atoms with Gasteiger partial charge in [-0.3, -0.25) is 9.69 Å². The number of carbonyl (C=O) groups excluding carboxylic acids is 1. The molecule has 0 aromatic carbocycles. The van der Waals surface area contributed by atoms with Crippen molar-refractivity contribution in [3.05, 3.63) is 0 Å². The van der Waals surface area contributed by atoms with Gasteiger partial charge in [0.15, 0.2) is 0 Å². The molecule has 0 aromatic rings. The highest BCUT2D eigenvalue weighted by Gasteiger charge is 2.27. The molecule has 1 unspecified atom stereocenters. The van der Waals surface area contributed by atoms with E-state index in [0.717, 1.165) is 45.4 Å². The number of amides is 1. The Morgan fingerprint density at radius 3 is 2.45 bits per heavy atom. The van der Waals surface area contributed by atoms with E-state index < -0.39 is 0 Å². The van der Waals surface area contributed by atoms with Crippen LogP contribution in [0.15, 0.2) is 0 Å². The standard InChI is InChI=1S/C16H27N3O/c1-2-5-15(13-17)18-8-10-19(11-9-18)16(20)12-14-6-3-4-7-14/h14-15H,2-12H2,1H3. The number of hydrogen-bond acceptors (Lipinski definition) is 3. The molecule has 2 aliphatic rings. The van der Waals surface area contributed by atoms with Crippen molar-refractivity contribution in [1.29, 1.82) is 5.26 Å². The van der Waals surface area contributed by atoms with Crippen LogP contribution >= 0.6 is 0 Å². The Kier molecular flexibility index (Phi) is 5.85. The second-order valence-electron chi connectivity index (χ2n) is 6.20. The molecule has 0 N–H and O–H groups in total. The molecular weight excluding hydrogens is 250 g/mol. The van der Waals surface area contributed by atoms with Gasteiger partial charge in [0.25, 0.3) is 0 Å². The van der Waals surface area contributed by atoms with Crippen molar-refractivity contribution in [1.82, 2.24) is 9.80 Å². The summed E-state index contributed by atoms with van der Waals surface area (Å²) in [6.07, 6.45) is 7.79. The third-order valence-corrected chi connectivity index (χ3v) is 4.76. The van der Waals surface area contributed by atoms with Crippen LogP contribution < -0.4 is 0 Å². The molecule has 20 heavy (non-hydrogen) atoms. The zero-order valence-corrected chi connectivity index (χ0v) is 12.7. The Morgan fingerprint density at radius 1 is 1.25 bits per heavy atom. The van der Waals surface area contributed by atoms with Crippen LogP contribution in [0.4, 0.5) is 0 Å². The van der Waals surface area contributed by atoms with Crippen molar-refractivity contribution in [3.63, 3.8) is 0 Å². The summed E-state index contributed by atoms with van der Waals surface area (Å²) in [6, 6.07) is 2.43. The van der Waals surface area contributed by atoms with Crippen LogP contribution in [0.1, 0.15) is 51.9 Å². The van der Waals surface area contributed by atoms with E-state index in [-0.39, 0.29) is 6.04 Å². The first kappa shape index (κ1) is 15.3. The minimum absolute atomic E-state index is 0.0343. The smallest absolute Gasteiger partial charge is 0.222 e. The van der Waals surface area contributed by atoms with Gasteiger partial charge >= 0.3 is 0 Å². The zero-order valence-electron chi connectivity index (χ0n) is 12.7. The highest BCUT2D eigenvalue weighted by molar-refractivity contribution is 5.76. The number of nitrogens with zero attached hydrogens (tertiary/aromatic N) is 3. The molecule has 0 spiro atoms. The average molecular weight is 277 g/mol. The Morgan fingerprint density at radius 2 is 1.90 bits per heavy atom. The molecule has 1 aliphatic carbocycles. The third kappa shape index (κ3) is 3.96. The summed E-state index contributed by atoms with van der Waals surface area (Å²) in [5.41, 5.74) is 0. The number of nitriles is 1. The Balaban J connectivity index is 1.75. The lowest BCUT2D eigenvalue weighted by Crippen LogP contribution is -2.51. The fourth-order valence-corrected chi connectivity index (χ4v) is 3.48. The Labute approximate surface area is 122 Å². The summed E-state index contributed by atoms with van der Waals surface area (Å²) in [4.78, 5) is 16.5. The summed E-state index contributed by atoms with van der Waals surface area (Å²) >= 11 is 0. The first-order valence-electron chi connectivity index (χ1n) is 8.16. The van der Waals surface area contributed by atoms with E-state index >= 15 is 0 Å². The third-order valence-electron chi connectivity index (χ3n) is 4.76. The summed E-state index contributed by atoms with van der Waals surface area (Å²) in [7, 11) is 0. The number of piperazine rings is 1. The molecule has 4 heteroatoms. The van der Waals surface area contributed by atoms with E-state index in [9.17, 15) is 10.1 Å². The van der Waals surface area contributed by atoms with Gasteiger partial charge in [0.2, 0.25) is 5.91 Å². The summed E-state index contributed by atoms with van der Waals surface area (Å²) in [5.74, 6) is 0.966. The van der Waals surface area contributed by atoms with Crippen LogP contribution in [0, 0.1) is 17.2 Å². The first-order chi connectivity index (χ1) is 9.74. The van der Waals surface area contributed by atoms with Crippen molar-refractivity contribution < 1.29 is 4.79 Å². The van der Waals surface area contributed by atoms with Crippen molar-refractivity contribution >= 4 is 5.91 Å². The second kappa shape index (κ2) is 7.64. The quantitative estimate of drug-likeness (QED) is 0.775. The molecule has 4 nitrogen and oxygen atoms in total. The minimum atomic E-state index is 0.0343. The topological polar surface area (TPSA) is 47.3 Å². The van der Waals surface area contributed by atoms with Crippen LogP contribution in [-0.4, -0.2) is 47.9 Å². The van der Waals surface area contributed by atoms with Gasteiger partial charge in [0, 0.05) is 32.6 Å². The second-order valence-corrected chi connectivity index (χ2v) is 6.20. The van der Waals surface area contributed by atoms with Crippen LogP contribution in [0.2, 0.25) is 0 Å². The van der Waals surface area contributed by atoms with Crippen LogP contribution in [0.3, 0.4) is 0 Å². The summed E-state index contributed by atoms with van der Waals surface area (Å²) < 4.78 is 0. The molecule has 1 amide bonds. The SMILES string of the molecule is CCCC(C#N)N1CCN(C(=O)CC2CCCC2)CC1. The van der Waals surface area contributed by atoms with Crippen molar-refractivity contribution in [2.24, 2.45) is 5.92 Å². The molecule has 0 bridgehead atoms. The van der Waals surface area contributed by atoms with Gasteiger partial charge < -0.3 is 4.90 Å². The molecule has 1 aliphatic heterocycles. The fraction of sp³-hybridized carbons (Fsp3) is 0.875. The van der Waals surface area contributed by atoms with Gasteiger partial charge in [-0.05, 0) is 25.2 Å². The van der Waals surface area contributed by atoms with E-state index in [1.807, 2.05) is 4.90 Å². The predicted octanol–water partition coefficient (Wildman–Crippen LogP) is 2.40. The highest BCUT2D eigenvalue weighted by atomic mass is 16.2. The average Bonchev–Trinajstić information content (AvgIpc) is 2.98. The molecule has 1 saturated heterocycles. The molecule has 0 aromatic heterocycles. The largest absolute Gasteiger partial charge is 0.340 e. The number of hydrogen-bond donors (Lipinski definition) is 0. The lowest BCUT2D eigenvalue weighted by atomic mass is 10.0. The van der Waals surface area contributed by atoms with Crippen LogP contribution in [-0.2, 0) is 4.79 Å². The molecule has 2 rings (SSSR count). The van der Waals surface area contributed by atoms with E-state index in [2.05, 4.69) is 17.9 Å². The van der Waals surface area contributed by atoms with Gasteiger partial charge in [-0.2, -0.15) is 5.26 Å². The predicted molar refractivity (Wildman–Crippen MR) is 79.0 cm³/mol. The van der Waals surface area contributed by atoms with Crippen molar-refractivity contribution in [2.45, 2.75) is 57.9 Å². The molecule has 2 fully saturated rings. The van der Waals surface area contributed by atoms with Gasteiger partial charge in [-0.25, -0.2) is 0 Å². The van der Waals surface area contributed by atoms with Gasteiger partial charge in [-0.15, -0.1) is 0 Å². The fourth-order valence-electron chi connectivity index (χ4n) is 3.48. The Bertz CT molecular complexity index is 349. The lowest BCUT2D eigenvalue weighted by molar-refractivity contribution is -0.134. The normalized spacial score (nSPS) is 22.7. The van der Waals surface area contributed by atoms with Crippen molar-refractivity contribution in [3.8, 4) is 6.07 Å². The maximum Gasteiger partial charge on any atom is 0.222 e. The summed E-state index contributed by atoms with van der Waals surface area (Å²) in [6.45, 7) is 5.43. The first-order valence-corrected chi connectivity index (χ1v) is 8.16. The summed E-state index contributed by atoms with van der Waals surface area (Å²) in [5, 5.41) is 9.20. The molecule has 1 saturated carbocycles. The monoisotopic (exact) mass is 277 g/mol. The van der Waals surface area contributed by atoms with E-state index in [1.165, 1.54) is 25.7 Å². The van der Waals surface area contributed by atoms with Gasteiger partial charge in [0.1, 0.15) is 0 Å². The van der Waals surface area contributed by atoms with E-state index in [1.54, 1.807) is 0 Å². The van der Waals surface area contributed by atoms with Gasteiger partial charge in [0.05, 0.1) is 12.1 Å². The Hall–Kier alpha value is -1.08. The molecule has 1 heterocycles. The van der Waals surface area contributed by atoms with Crippen molar-refractivity contribution in [2.75, 3.05) is 26.2 Å². The van der Waals surface area contributed by atoms with Crippen LogP contribution in [0.25, 0.3) is 0 Å². The molecule has 112 valence electrons.